The summed E-state index contributed by atoms with van der Waals surface area (Å²) in [6, 6.07) is 0. The van der Waals surface area contributed by atoms with Crippen LogP contribution in [0.5, 0.6) is 0 Å². The summed E-state index contributed by atoms with van der Waals surface area (Å²) in [5, 5.41) is 0. The average molecular weight is 1090 g/mol. The molecule has 6 heteroatoms. The summed E-state index contributed by atoms with van der Waals surface area (Å²) in [4.78, 5) is 38.3. The van der Waals surface area contributed by atoms with Gasteiger partial charge < -0.3 is 14.2 Å². The van der Waals surface area contributed by atoms with Crippen LogP contribution in [0.15, 0.2) is 85.1 Å². The van der Waals surface area contributed by atoms with Crippen LogP contribution >= 0.6 is 0 Å². The molecule has 0 aromatic heterocycles. The van der Waals surface area contributed by atoms with Crippen molar-refractivity contribution in [3.05, 3.63) is 85.1 Å². The molecular weight excluding hydrogens is 961 g/mol. The first-order chi connectivity index (χ1) is 38.5. The molecule has 0 rings (SSSR count). The molecule has 0 bridgehead atoms. The molecule has 0 radical (unpaired) electrons. The number of ether oxygens (including phenoxy) is 3. The third kappa shape index (κ3) is 63.4. The van der Waals surface area contributed by atoms with Crippen molar-refractivity contribution < 1.29 is 28.6 Å². The number of rotatable bonds is 61. The van der Waals surface area contributed by atoms with Gasteiger partial charge in [0.15, 0.2) is 6.10 Å². The smallest absolute Gasteiger partial charge is 0.306 e. The van der Waals surface area contributed by atoms with Gasteiger partial charge in [0.2, 0.25) is 0 Å². The van der Waals surface area contributed by atoms with Crippen molar-refractivity contribution in [1.82, 2.24) is 0 Å². The topological polar surface area (TPSA) is 78.9 Å². The Morgan fingerprint density at radius 3 is 0.846 bits per heavy atom. The maximum Gasteiger partial charge on any atom is 0.306 e. The highest BCUT2D eigenvalue weighted by molar-refractivity contribution is 5.71. The maximum atomic E-state index is 12.9. The highest BCUT2D eigenvalue weighted by Gasteiger charge is 2.19. The van der Waals surface area contributed by atoms with Crippen molar-refractivity contribution in [2.75, 3.05) is 13.2 Å². The Morgan fingerprint density at radius 2 is 0.500 bits per heavy atom. The van der Waals surface area contributed by atoms with Gasteiger partial charge in [-0.3, -0.25) is 14.4 Å². The van der Waals surface area contributed by atoms with E-state index in [0.717, 1.165) is 96.3 Å². The SMILES string of the molecule is CC/C=C\C/C=C\C/C=C\C/C=C\C/C=C\C/C=C\CCCCC(=O)OC(COC(=O)CCCCCCC/C=C\CCCCC)COC(=O)CCCCCCCCCCCCCCCCCCCCCCCCCCCCC. The number of carbonyl (C=O) groups is 3. The lowest BCUT2D eigenvalue weighted by molar-refractivity contribution is -0.167. The standard InChI is InChI=1S/C72H126O6/c1-4-7-10-13-16-19-22-25-27-29-31-33-34-35-36-37-38-40-41-43-45-47-50-53-56-59-62-65-71(74)77-68-69(67-76-70(73)64-61-58-55-52-49-24-21-18-15-12-9-6-3)78-72(75)66-63-60-57-54-51-48-46-44-42-39-32-30-28-26-23-20-17-14-11-8-5-2/h8,11,17-18,20-21,26,28,32,39,44,46,51,54,69H,4-7,9-10,12-16,19,22-25,27,29-31,33-38,40-43,45,47-50,52-53,55-68H2,1-3H3/b11-8-,20-17-,21-18-,28-26-,39-32-,46-44-,54-51-. The lowest BCUT2D eigenvalue weighted by Crippen LogP contribution is -2.30. The number of hydrogen-bond donors (Lipinski definition) is 0. The lowest BCUT2D eigenvalue weighted by atomic mass is 10.0. The fourth-order valence-electron chi connectivity index (χ4n) is 9.62. The molecule has 0 aliphatic heterocycles. The van der Waals surface area contributed by atoms with Crippen LogP contribution in [0.25, 0.3) is 0 Å². The minimum absolute atomic E-state index is 0.0943. The molecule has 0 aliphatic carbocycles. The molecule has 78 heavy (non-hydrogen) atoms. The van der Waals surface area contributed by atoms with E-state index in [1.165, 1.54) is 193 Å². The summed E-state index contributed by atoms with van der Waals surface area (Å²) in [6.45, 7) is 6.50. The van der Waals surface area contributed by atoms with Gasteiger partial charge in [-0.05, 0) is 96.3 Å². The van der Waals surface area contributed by atoms with Crippen molar-refractivity contribution in [2.24, 2.45) is 0 Å². The Bertz CT molecular complexity index is 1480. The van der Waals surface area contributed by atoms with Gasteiger partial charge in [0.05, 0.1) is 0 Å². The van der Waals surface area contributed by atoms with E-state index in [0.29, 0.717) is 19.3 Å². The molecule has 0 amide bonds. The highest BCUT2D eigenvalue weighted by Crippen LogP contribution is 2.18. The first-order valence-corrected chi connectivity index (χ1v) is 33.6. The Hall–Kier alpha value is -3.41. The molecule has 0 aromatic carbocycles. The van der Waals surface area contributed by atoms with Gasteiger partial charge in [0.1, 0.15) is 13.2 Å². The zero-order chi connectivity index (χ0) is 56.4. The van der Waals surface area contributed by atoms with Gasteiger partial charge in [0, 0.05) is 19.3 Å². The summed E-state index contributed by atoms with van der Waals surface area (Å²) in [5.41, 5.74) is 0. The van der Waals surface area contributed by atoms with Gasteiger partial charge in [-0.15, -0.1) is 0 Å². The van der Waals surface area contributed by atoms with Crippen LogP contribution in [0.2, 0.25) is 0 Å². The third-order valence-corrected chi connectivity index (χ3v) is 14.6. The molecule has 0 aliphatic rings. The van der Waals surface area contributed by atoms with Crippen LogP contribution in [0, 0.1) is 0 Å². The van der Waals surface area contributed by atoms with Crippen molar-refractivity contribution in [3.63, 3.8) is 0 Å². The van der Waals surface area contributed by atoms with E-state index in [-0.39, 0.29) is 37.5 Å². The molecular formula is C72H126O6. The second kappa shape index (κ2) is 66.1. The molecule has 0 heterocycles. The third-order valence-electron chi connectivity index (χ3n) is 14.6. The molecule has 0 fully saturated rings. The largest absolute Gasteiger partial charge is 0.462 e. The summed E-state index contributed by atoms with van der Waals surface area (Å²) < 4.78 is 16.9. The molecule has 450 valence electrons. The van der Waals surface area contributed by atoms with Gasteiger partial charge in [-0.1, -0.05) is 305 Å². The molecule has 1 unspecified atom stereocenters. The number of esters is 3. The van der Waals surface area contributed by atoms with Gasteiger partial charge in [0.25, 0.3) is 0 Å². The number of allylic oxidation sites excluding steroid dienone is 14. The highest BCUT2D eigenvalue weighted by atomic mass is 16.6. The summed E-state index contributed by atoms with van der Waals surface area (Å²) in [7, 11) is 0. The molecule has 0 spiro atoms. The molecule has 6 nitrogen and oxygen atoms in total. The van der Waals surface area contributed by atoms with E-state index in [1.807, 2.05) is 0 Å². The first kappa shape index (κ1) is 74.6. The number of unbranched alkanes of at least 4 members (excludes halogenated alkanes) is 36. The predicted octanol–water partition coefficient (Wildman–Crippen LogP) is 23.1. The molecule has 0 aromatic rings. The second-order valence-electron chi connectivity index (χ2n) is 22.4. The van der Waals surface area contributed by atoms with E-state index >= 15 is 0 Å². The van der Waals surface area contributed by atoms with Gasteiger partial charge >= 0.3 is 17.9 Å². The first-order valence-electron chi connectivity index (χ1n) is 33.6. The Balaban J connectivity index is 4.29. The summed E-state index contributed by atoms with van der Waals surface area (Å²) in [5.74, 6) is -0.934. The summed E-state index contributed by atoms with van der Waals surface area (Å²) in [6.07, 6.45) is 87.6. The monoisotopic (exact) mass is 1090 g/mol. The molecule has 0 saturated heterocycles. The van der Waals surface area contributed by atoms with Gasteiger partial charge in [-0.25, -0.2) is 0 Å². The van der Waals surface area contributed by atoms with Crippen molar-refractivity contribution in [3.8, 4) is 0 Å². The zero-order valence-electron chi connectivity index (χ0n) is 51.7. The van der Waals surface area contributed by atoms with Crippen LogP contribution in [0.4, 0.5) is 0 Å². The van der Waals surface area contributed by atoms with Gasteiger partial charge in [-0.2, -0.15) is 0 Å². The minimum atomic E-state index is -0.803. The van der Waals surface area contributed by atoms with E-state index in [4.69, 9.17) is 14.2 Å². The van der Waals surface area contributed by atoms with E-state index < -0.39 is 6.10 Å². The second-order valence-corrected chi connectivity index (χ2v) is 22.4. The fourth-order valence-corrected chi connectivity index (χ4v) is 9.62. The van der Waals surface area contributed by atoms with Crippen molar-refractivity contribution >= 4 is 17.9 Å². The zero-order valence-corrected chi connectivity index (χ0v) is 51.7. The molecule has 0 saturated carbocycles. The van der Waals surface area contributed by atoms with E-state index in [2.05, 4.69) is 106 Å². The van der Waals surface area contributed by atoms with Crippen LogP contribution in [-0.2, 0) is 28.6 Å². The average Bonchev–Trinajstić information content (AvgIpc) is 3.44. The number of hydrogen-bond acceptors (Lipinski definition) is 6. The summed E-state index contributed by atoms with van der Waals surface area (Å²) >= 11 is 0. The van der Waals surface area contributed by atoms with Crippen molar-refractivity contribution in [1.29, 1.82) is 0 Å². The maximum absolute atomic E-state index is 12.9. The normalized spacial score (nSPS) is 12.6. The number of carbonyl (C=O) groups excluding carboxylic acids is 3. The Labute approximate surface area is 484 Å². The predicted molar refractivity (Wildman–Crippen MR) is 339 cm³/mol. The van der Waals surface area contributed by atoms with Crippen LogP contribution < -0.4 is 0 Å². The van der Waals surface area contributed by atoms with E-state index in [1.54, 1.807) is 0 Å². The lowest BCUT2D eigenvalue weighted by Gasteiger charge is -2.18. The van der Waals surface area contributed by atoms with Crippen LogP contribution in [0.1, 0.15) is 335 Å². The minimum Gasteiger partial charge on any atom is -0.462 e. The van der Waals surface area contributed by atoms with Crippen LogP contribution in [0.3, 0.4) is 0 Å². The Kier molecular flexibility index (Phi) is 63.2. The molecule has 1 atom stereocenters. The van der Waals surface area contributed by atoms with Crippen molar-refractivity contribution in [2.45, 2.75) is 341 Å². The quantitative estimate of drug-likeness (QED) is 0.0261. The van der Waals surface area contributed by atoms with Crippen LogP contribution in [-0.4, -0.2) is 37.2 Å². The van der Waals surface area contributed by atoms with E-state index in [9.17, 15) is 14.4 Å². The Morgan fingerprint density at radius 1 is 0.269 bits per heavy atom. The fraction of sp³-hybridized carbons (Fsp3) is 0.764. The molecule has 0 N–H and O–H groups in total.